The Balaban J connectivity index is 2.21. The first-order chi connectivity index (χ1) is 7.40. The molecule has 1 heterocycles. The van der Waals surface area contributed by atoms with Crippen LogP contribution >= 0.6 is 0 Å². The summed E-state index contributed by atoms with van der Waals surface area (Å²) >= 11 is 0. The zero-order chi connectivity index (χ0) is 12.2. The Hall–Kier alpha value is -1.04. The van der Waals surface area contributed by atoms with Gasteiger partial charge in [0.1, 0.15) is 0 Å². The van der Waals surface area contributed by atoms with E-state index in [4.69, 9.17) is 0 Å². The first-order valence-electron chi connectivity index (χ1n) is 5.14. The molecule has 0 aliphatic carbocycles. The molecule has 0 radical (unpaired) electrons. The summed E-state index contributed by atoms with van der Waals surface area (Å²) in [5.74, 6) is -0.265. The van der Waals surface area contributed by atoms with Crippen molar-refractivity contribution in [1.29, 1.82) is 0 Å². The van der Waals surface area contributed by atoms with Gasteiger partial charge in [0.05, 0.1) is 0 Å². The first-order valence-corrected chi connectivity index (χ1v) is 5.14. The average molecular weight is 236 g/mol. The van der Waals surface area contributed by atoms with Crippen LogP contribution in [0.15, 0.2) is 11.1 Å². The van der Waals surface area contributed by atoms with Crippen LogP contribution in [0.4, 0.5) is 13.2 Å². The quantitative estimate of drug-likeness (QED) is 0.571. The van der Waals surface area contributed by atoms with Crippen molar-refractivity contribution in [2.24, 2.45) is 0 Å². The van der Waals surface area contributed by atoms with Crippen LogP contribution in [0.25, 0.3) is 0 Å². The number of carbonyl (C=O) groups is 1. The Morgan fingerprint density at radius 1 is 1.44 bits per heavy atom. The molecule has 0 aromatic carbocycles. The second-order valence-corrected chi connectivity index (χ2v) is 3.81. The standard InChI is InChI=1S/C10H15F3N2O/c1-7(8-5-14-6-8)9(16)15-4-2-3-10(11,12)13/h14H,2-6H2,1H3,(H,15,16). The molecule has 1 aliphatic rings. The van der Waals surface area contributed by atoms with Crippen LogP contribution in [0.2, 0.25) is 0 Å². The van der Waals surface area contributed by atoms with Crippen molar-refractivity contribution in [2.75, 3.05) is 19.6 Å². The van der Waals surface area contributed by atoms with Gasteiger partial charge in [0.15, 0.2) is 0 Å². The topological polar surface area (TPSA) is 41.1 Å². The normalized spacial score (nSPS) is 15.6. The van der Waals surface area contributed by atoms with E-state index >= 15 is 0 Å². The number of hydrogen-bond acceptors (Lipinski definition) is 2. The minimum Gasteiger partial charge on any atom is -0.352 e. The van der Waals surface area contributed by atoms with Crippen LogP contribution in [0.5, 0.6) is 0 Å². The van der Waals surface area contributed by atoms with E-state index in [1.807, 2.05) is 0 Å². The molecule has 1 fully saturated rings. The van der Waals surface area contributed by atoms with Crippen molar-refractivity contribution in [3.8, 4) is 0 Å². The third-order valence-electron chi connectivity index (χ3n) is 2.47. The Morgan fingerprint density at radius 2 is 2.06 bits per heavy atom. The van der Waals surface area contributed by atoms with Crippen LogP contribution < -0.4 is 10.6 Å². The van der Waals surface area contributed by atoms with Crippen molar-refractivity contribution in [2.45, 2.75) is 25.9 Å². The minimum absolute atomic E-state index is 0.0659. The number of nitrogens with one attached hydrogen (secondary N) is 2. The van der Waals surface area contributed by atoms with Gasteiger partial charge in [0.25, 0.3) is 0 Å². The number of alkyl halides is 3. The molecule has 3 nitrogen and oxygen atoms in total. The van der Waals surface area contributed by atoms with Crippen molar-refractivity contribution in [1.82, 2.24) is 10.6 Å². The Bertz CT molecular complexity index is 291. The van der Waals surface area contributed by atoms with Gasteiger partial charge in [-0.25, -0.2) is 0 Å². The molecule has 1 saturated heterocycles. The highest BCUT2D eigenvalue weighted by Gasteiger charge is 2.26. The van der Waals surface area contributed by atoms with Gasteiger partial charge in [-0.3, -0.25) is 4.79 Å². The molecule has 16 heavy (non-hydrogen) atoms. The van der Waals surface area contributed by atoms with E-state index in [1.165, 1.54) is 0 Å². The van der Waals surface area contributed by atoms with Crippen LogP contribution in [0, 0.1) is 0 Å². The zero-order valence-corrected chi connectivity index (χ0v) is 9.08. The summed E-state index contributed by atoms with van der Waals surface area (Å²) in [6.07, 6.45) is -5.07. The van der Waals surface area contributed by atoms with Crippen LogP contribution in [-0.4, -0.2) is 31.7 Å². The fraction of sp³-hybridized carbons (Fsp3) is 0.700. The van der Waals surface area contributed by atoms with E-state index < -0.39 is 12.6 Å². The van der Waals surface area contributed by atoms with Gasteiger partial charge in [-0.05, 0) is 18.9 Å². The first kappa shape index (κ1) is 13.0. The van der Waals surface area contributed by atoms with Gasteiger partial charge in [-0.15, -0.1) is 0 Å². The molecule has 1 amide bonds. The summed E-state index contributed by atoms with van der Waals surface area (Å²) in [4.78, 5) is 11.4. The maximum atomic E-state index is 11.8. The van der Waals surface area contributed by atoms with E-state index in [-0.39, 0.29) is 18.9 Å². The molecule has 0 saturated carbocycles. The van der Waals surface area contributed by atoms with Gasteiger partial charge in [0, 0.05) is 31.6 Å². The zero-order valence-electron chi connectivity index (χ0n) is 9.08. The molecule has 1 aliphatic heterocycles. The lowest BCUT2D eigenvalue weighted by molar-refractivity contribution is -0.136. The summed E-state index contributed by atoms with van der Waals surface area (Å²) in [7, 11) is 0. The van der Waals surface area contributed by atoms with Crippen LogP contribution in [-0.2, 0) is 4.79 Å². The molecule has 0 aromatic heterocycles. The third-order valence-corrected chi connectivity index (χ3v) is 2.47. The molecular formula is C10H15F3N2O. The molecule has 0 spiro atoms. The summed E-state index contributed by atoms with van der Waals surface area (Å²) < 4.78 is 35.4. The summed E-state index contributed by atoms with van der Waals surface area (Å²) in [6, 6.07) is 0. The van der Waals surface area contributed by atoms with E-state index in [2.05, 4.69) is 10.6 Å². The second kappa shape index (κ2) is 5.34. The molecule has 6 heteroatoms. The lowest BCUT2D eigenvalue weighted by Gasteiger charge is -2.21. The minimum atomic E-state index is -4.14. The van der Waals surface area contributed by atoms with E-state index in [0.717, 1.165) is 5.57 Å². The number of amides is 1. The van der Waals surface area contributed by atoms with E-state index in [0.29, 0.717) is 18.7 Å². The fourth-order valence-corrected chi connectivity index (χ4v) is 1.30. The number of halogens is 3. The van der Waals surface area contributed by atoms with Crippen molar-refractivity contribution in [3.63, 3.8) is 0 Å². The molecule has 92 valence electrons. The lowest BCUT2D eigenvalue weighted by atomic mass is 10.0. The molecule has 0 bridgehead atoms. The summed E-state index contributed by atoms with van der Waals surface area (Å²) in [5.41, 5.74) is 1.64. The Morgan fingerprint density at radius 3 is 2.50 bits per heavy atom. The SMILES string of the molecule is CC(C(=O)NCCCC(F)(F)F)=C1CNC1. The number of hydrogen-bond donors (Lipinski definition) is 2. The van der Waals surface area contributed by atoms with Crippen molar-refractivity contribution < 1.29 is 18.0 Å². The lowest BCUT2D eigenvalue weighted by Crippen LogP contribution is -2.37. The Labute approximate surface area is 92.1 Å². The highest BCUT2D eigenvalue weighted by atomic mass is 19.4. The molecule has 0 unspecified atom stereocenters. The smallest absolute Gasteiger partial charge is 0.352 e. The van der Waals surface area contributed by atoms with Gasteiger partial charge < -0.3 is 10.6 Å². The molecule has 2 N–H and O–H groups in total. The van der Waals surface area contributed by atoms with Gasteiger partial charge in [0.2, 0.25) is 5.91 Å². The highest BCUT2D eigenvalue weighted by molar-refractivity contribution is 5.93. The monoisotopic (exact) mass is 236 g/mol. The highest BCUT2D eigenvalue weighted by Crippen LogP contribution is 2.20. The maximum Gasteiger partial charge on any atom is 0.389 e. The van der Waals surface area contributed by atoms with Gasteiger partial charge >= 0.3 is 6.18 Å². The average Bonchev–Trinajstić information content (AvgIpc) is 2.07. The van der Waals surface area contributed by atoms with Crippen LogP contribution in [0.3, 0.4) is 0 Å². The maximum absolute atomic E-state index is 11.8. The van der Waals surface area contributed by atoms with E-state index in [1.54, 1.807) is 6.92 Å². The number of carbonyl (C=O) groups excluding carboxylic acids is 1. The molecule has 0 atom stereocenters. The number of rotatable bonds is 4. The predicted octanol–water partition coefficient (Wildman–Crippen LogP) is 1.36. The second-order valence-electron chi connectivity index (χ2n) is 3.81. The Kier molecular flexibility index (Phi) is 4.35. The van der Waals surface area contributed by atoms with Crippen molar-refractivity contribution >= 4 is 5.91 Å². The molecular weight excluding hydrogens is 221 g/mol. The summed E-state index contributed by atoms with van der Waals surface area (Å²) in [5, 5.41) is 5.48. The van der Waals surface area contributed by atoms with Crippen molar-refractivity contribution in [3.05, 3.63) is 11.1 Å². The fourth-order valence-electron chi connectivity index (χ4n) is 1.30. The third kappa shape index (κ3) is 4.22. The predicted molar refractivity (Wildman–Crippen MR) is 53.9 cm³/mol. The molecule has 1 rings (SSSR count). The molecule has 0 aromatic rings. The van der Waals surface area contributed by atoms with Crippen LogP contribution in [0.1, 0.15) is 19.8 Å². The largest absolute Gasteiger partial charge is 0.389 e. The van der Waals surface area contributed by atoms with Gasteiger partial charge in [-0.1, -0.05) is 0 Å². The summed E-state index contributed by atoms with van der Waals surface area (Å²) in [6.45, 7) is 3.15. The van der Waals surface area contributed by atoms with E-state index in [9.17, 15) is 18.0 Å². The van der Waals surface area contributed by atoms with Gasteiger partial charge in [-0.2, -0.15) is 13.2 Å².